The molecule has 6 nitrogen and oxygen atoms in total. The largest absolute Gasteiger partial charge is 0.301 e. The fraction of sp³-hybridized carbons (Fsp3) is 0.353. The molecule has 8 heteroatoms. The van der Waals surface area contributed by atoms with Crippen molar-refractivity contribution in [2.45, 2.75) is 43.1 Å². The van der Waals surface area contributed by atoms with Crippen molar-refractivity contribution in [3.8, 4) is 0 Å². The molecule has 25 heavy (non-hydrogen) atoms. The highest BCUT2D eigenvalue weighted by Crippen LogP contribution is 2.34. The number of aromatic amines is 2. The fourth-order valence-corrected chi connectivity index (χ4v) is 5.43. The van der Waals surface area contributed by atoms with Gasteiger partial charge in [-0.3, -0.25) is 19.3 Å². The highest BCUT2D eigenvalue weighted by Gasteiger charge is 2.22. The summed E-state index contributed by atoms with van der Waals surface area (Å²) in [7, 11) is 0. The molecule has 0 bridgehead atoms. The van der Waals surface area contributed by atoms with Crippen LogP contribution >= 0.6 is 23.1 Å². The smallest absolute Gasteiger partial charge is 0.264 e. The van der Waals surface area contributed by atoms with E-state index in [4.69, 9.17) is 4.98 Å². The van der Waals surface area contributed by atoms with Crippen LogP contribution in [0.1, 0.15) is 29.0 Å². The lowest BCUT2D eigenvalue weighted by atomic mass is 9.97. The van der Waals surface area contributed by atoms with E-state index in [1.54, 1.807) is 22.0 Å². The summed E-state index contributed by atoms with van der Waals surface area (Å²) in [5.74, 6) is 0.541. The Balaban J connectivity index is 1.79. The second-order valence-electron chi connectivity index (χ2n) is 6.06. The average Bonchev–Trinajstić information content (AvgIpc) is 3.19. The molecule has 3 aromatic rings. The van der Waals surface area contributed by atoms with Crippen LogP contribution in [0.5, 0.6) is 0 Å². The minimum absolute atomic E-state index is 0.0226. The first-order valence-corrected chi connectivity index (χ1v) is 10.0. The molecular weight excluding hydrogens is 356 g/mol. The number of H-pyrrole nitrogens is 2. The summed E-state index contributed by atoms with van der Waals surface area (Å²) >= 11 is 3.10. The van der Waals surface area contributed by atoms with Crippen LogP contribution in [0.2, 0.25) is 0 Å². The Bertz CT molecular complexity index is 1060. The predicted molar refractivity (Wildman–Crippen MR) is 102 cm³/mol. The molecule has 0 saturated carbocycles. The number of thioether (sulfide) groups is 1. The van der Waals surface area contributed by atoms with Crippen molar-refractivity contribution >= 4 is 33.3 Å². The number of nitrogens with one attached hydrogen (secondary N) is 2. The Morgan fingerprint density at radius 1 is 1.32 bits per heavy atom. The summed E-state index contributed by atoms with van der Waals surface area (Å²) in [5.41, 5.74) is 1.84. The summed E-state index contributed by atoms with van der Waals surface area (Å²) in [6.07, 6.45) is 6.05. The zero-order valence-electron chi connectivity index (χ0n) is 13.6. The van der Waals surface area contributed by atoms with E-state index in [1.165, 1.54) is 34.7 Å². The molecule has 1 aliphatic carbocycles. The normalized spacial score (nSPS) is 13.9. The number of fused-ring (bicyclic) bond motifs is 3. The molecule has 0 radical (unpaired) electrons. The van der Waals surface area contributed by atoms with Gasteiger partial charge < -0.3 is 5.10 Å². The summed E-state index contributed by atoms with van der Waals surface area (Å²) in [5, 5.41) is 6.81. The van der Waals surface area contributed by atoms with Gasteiger partial charge in [0.1, 0.15) is 4.83 Å². The molecular formula is C17H18N4O2S2. The fourth-order valence-electron chi connectivity index (χ4n) is 3.21. The molecule has 4 rings (SSSR count). The van der Waals surface area contributed by atoms with Crippen molar-refractivity contribution < 1.29 is 0 Å². The molecule has 0 fully saturated rings. The van der Waals surface area contributed by atoms with E-state index in [0.717, 1.165) is 35.2 Å². The molecule has 2 N–H and O–H groups in total. The third-order valence-corrected chi connectivity index (χ3v) is 6.57. The monoisotopic (exact) mass is 374 g/mol. The maximum atomic E-state index is 13.1. The van der Waals surface area contributed by atoms with Crippen LogP contribution < -0.4 is 11.1 Å². The van der Waals surface area contributed by atoms with Crippen molar-refractivity contribution in [2.24, 2.45) is 0 Å². The van der Waals surface area contributed by atoms with Gasteiger partial charge in [-0.1, -0.05) is 17.8 Å². The molecule has 1 aliphatic rings. The Morgan fingerprint density at radius 3 is 2.92 bits per heavy atom. The molecule has 3 aromatic heterocycles. The van der Waals surface area contributed by atoms with E-state index in [1.807, 2.05) is 0 Å². The van der Waals surface area contributed by atoms with Gasteiger partial charge in [-0.05, 0) is 31.2 Å². The van der Waals surface area contributed by atoms with Gasteiger partial charge in [-0.15, -0.1) is 17.9 Å². The molecule has 0 amide bonds. The number of rotatable bonds is 5. The van der Waals surface area contributed by atoms with Crippen LogP contribution in [0.4, 0.5) is 0 Å². The van der Waals surface area contributed by atoms with Crippen molar-refractivity contribution in [1.82, 2.24) is 19.7 Å². The summed E-state index contributed by atoms with van der Waals surface area (Å²) in [4.78, 5) is 31.3. The highest BCUT2D eigenvalue weighted by atomic mass is 32.2. The van der Waals surface area contributed by atoms with Gasteiger partial charge in [0, 0.05) is 28.9 Å². The molecule has 130 valence electrons. The van der Waals surface area contributed by atoms with Gasteiger partial charge in [-0.25, -0.2) is 4.98 Å². The molecule has 0 aromatic carbocycles. The number of hydrogen-bond acceptors (Lipinski definition) is 5. The Kier molecular flexibility index (Phi) is 4.39. The first kappa shape index (κ1) is 16.4. The lowest BCUT2D eigenvalue weighted by Crippen LogP contribution is -2.23. The topological polar surface area (TPSA) is 83.5 Å². The minimum atomic E-state index is -0.159. The van der Waals surface area contributed by atoms with Gasteiger partial charge in [0.25, 0.3) is 11.1 Å². The van der Waals surface area contributed by atoms with Gasteiger partial charge in [-0.2, -0.15) is 0 Å². The van der Waals surface area contributed by atoms with Crippen LogP contribution in [-0.4, -0.2) is 19.7 Å². The molecule has 3 heterocycles. The number of aryl methyl sites for hydroxylation is 2. The third kappa shape index (κ3) is 3.00. The van der Waals surface area contributed by atoms with Crippen LogP contribution in [0, 0.1) is 0 Å². The number of allylic oxidation sites excluding steroid dienone is 1. The number of nitrogens with zero attached hydrogens (tertiary/aromatic N) is 2. The van der Waals surface area contributed by atoms with Crippen LogP contribution in [-0.2, 0) is 25.1 Å². The number of thiophene rings is 1. The van der Waals surface area contributed by atoms with E-state index in [0.29, 0.717) is 17.5 Å². The van der Waals surface area contributed by atoms with E-state index in [9.17, 15) is 9.59 Å². The second-order valence-corrected chi connectivity index (χ2v) is 8.09. The zero-order valence-corrected chi connectivity index (χ0v) is 15.3. The number of hydrogen-bond donors (Lipinski definition) is 2. The summed E-state index contributed by atoms with van der Waals surface area (Å²) in [6, 6.07) is 1.52. The average molecular weight is 374 g/mol. The molecule has 0 aliphatic heterocycles. The van der Waals surface area contributed by atoms with E-state index in [-0.39, 0.29) is 11.1 Å². The first-order valence-electron chi connectivity index (χ1n) is 8.22. The first-order chi connectivity index (χ1) is 12.2. The second kappa shape index (κ2) is 6.68. The highest BCUT2D eigenvalue weighted by molar-refractivity contribution is 7.98. The Morgan fingerprint density at radius 2 is 2.16 bits per heavy atom. The quantitative estimate of drug-likeness (QED) is 0.409. The lowest BCUT2D eigenvalue weighted by Gasteiger charge is -2.12. The van der Waals surface area contributed by atoms with Gasteiger partial charge in [0.15, 0.2) is 5.16 Å². The molecule has 0 spiro atoms. The van der Waals surface area contributed by atoms with Gasteiger partial charge >= 0.3 is 0 Å². The third-order valence-electron chi connectivity index (χ3n) is 4.36. The van der Waals surface area contributed by atoms with Crippen molar-refractivity contribution in [3.05, 3.63) is 55.6 Å². The summed E-state index contributed by atoms with van der Waals surface area (Å²) < 4.78 is 1.69. The van der Waals surface area contributed by atoms with E-state index < -0.39 is 0 Å². The maximum absolute atomic E-state index is 13.1. The van der Waals surface area contributed by atoms with Crippen molar-refractivity contribution in [3.63, 3.8) is 0 Å². The Labute approximate surface area is 152 Å². The standard InChI is InChI=1S/C17H18N4O2S2/c1-2-7-21-16(23)14-11-5-3-4-6-12(11)25-15(14)18-17(21)24-9-10-8-13(22)20-19-10/h2,8H,1,3-7,9H2,(H2,19,20,22). The van der Waals surface area contributed by atoms with Crippen LogP contribution in [0.25, 0.3) is 10.2 Å². The predicted octanol–water partition coefficient (Wildman–Crippen LogP) is 2.83. The number of aromatic nitrogens is 4. The van der Waals surface area contributed by atoms with Crippen LogP contribution in [0.15, 0.2) is 33.5 Å². The SMILES string of the molecule is C=CCn1c(SCc2cc(=O)[nH][nH]2)nc2sc3c(c2c1=O)CCCC3. The molecule has 0 saturated heterocycles. The lowest BCUT2D eigenvalue weighted by molar-refractivity contribution is 0.668. The van der Waals surface area contributed by atoms with Crippen molar-refractivity contribution in [2.75, 3.05) is 0 Å². The molecule has 0 atom stereocenters. The van der Waals surface area contributed by atoms with Gasteiger partial charge in [0.05, 0.1) is 5.39 Å². The van der Waals surface area contributed by atoms with Crippen molar-refractivity contribution in [1.29, 1.82) is 0 Å². The van der Waals surface area contributed by atoms with Crippen LogP contribution in [0.3, 0.4) is 0 Å². The minimum Gasteiger partial charge on any atom is -0.301 e. The molecule has 0 unspecified atom stereocenters. The zero-order chi connectivity index (χ0) is 17.4. The van der Waals surface area contributed by atoms with E-state index >= 15 is 0 Å². The maximum Gasteiger partial charge on any atom is 0.264 e. The van der Waals surface area contributed by atoms with Gasteiger partial charge in [0.2, 0.25) is 0 Å². The van der Waals surface area contributed by atoms with E-state index in [2.05, 4.69) is 16.8 Å². The Hall–Kier alpha value is -2.06. The summed E-state index contributed by atoms with van der Waals surface area (Å²) in [6.45, 7) is 4.20.